The zero-order chi connectivity index (χ0) is 8.36. The molecule has 0 aliphatic carbocycles. The van der Waals surface area contributed by atoms with Gasteiger partial charge in [0, 0.05) is 0 Å². The highest BCUT2D eigenvalue weighted by Gasteiger charge is 2.31. The molecule has 0 aliphatic heterocycles. The van der Waals surface area contributed by atoms with Crippen molar-refractivity contribution in [3.63, 3.8) is 0 Å². The minimum Gasteiger partial charge on any atom is -0.393 e. The third kappa shape index (κ3) is 1.97. The molecule has 0 aromatic heterocycles. The fraction of sp³-hybridized carbons (Fsp3) is 0.833. The first-order chi connectivity index (χ1) is 4.41. The Balaban J connectivity index is 4.17. The monoisotopic (exact) mass is 147 g/mol. The number of primary amides is 1. The maximum absolute atomic E-state index is 10.5. The Morgan fingerprint density at radius 1 is 1.80 bits per heavy atom. The standard InChI is InChI=1S/C6H13NO3/c1-4(5(7)9)6(2,10)3-8/h4,8,10H,3H2,1-2H3,(H2,7,9). The van der Waals surface area contributed by atoms with E-state index in [0.717, 1.165) is 0 Å². The Hall–Kier alpha value is -0.610. The topological polar surface area (TPSA) is 83.6 Å². The Kier molecular flexibility index (Phi) is 2.80. The highest BCUT2D eigenvalue weighted by molar-refractivity contribution is 5.77. The van der Waals surface area contributed by atoms with E-state index in [-0.39, 0.29) is 0 Å². The van der Waals surface area contributed by atoms with Crippen molar-refractivity contribution in [2.45, 2.75) is 19.4 Å². The third-order valence-corrected chi connectivity index (χ3v) is 1.68. The van der Waals surface area contributed by atoms with Crippen LogP contribution in [-0.2, 0) is 4.79 Å². The molecule has 0 aliphatic rings. The Labute approximate surface area is 59.7 Å². The minimum atomic E-state index is -1.40. The molecule has 0 saturated carbocycles. The highest BCUT2D eigenvalue weighted by Crippen LogP contribution is 2.14. The lowest BCUT2D eigenvalue weighted by Gasteiger charge is -2.25. The SMILES string of the molecule is CC(C(N)=O)C(C)(O)CO. The lowest BCUT2D eigenvalue weighted by atomic mass is 9.91. The summed E-state index contributed by atoms with van der Waals surface area (Å²) in [4.78, 5) is 10.5. The second-order valence-electron chi connectivity index (χ2n) is 2.64. The molecule has 0 fully saturated rings. The molecular weight excluding hydrogens is 134 g/mol. The van der Waals surface area contributed by atoms with E-state index in [1.54, 1.807) is 0 Å². The molecule has 2 unspecified atom stereocenters. The van der Waals surface area contributed by atoms with Crippen molar-refractivity contribution in [2.75, 3.05) is 6.61 Å². The number of nitrogens with two attached hydrogens (primary N) is 1. The quantitative estimate of drug-likeness (QED) is 0.471. The summed E-state index contributed by atoms with van der Waals surface area (Å²) < 4.78 is 0. The largest absolute Gasteiger partial charge is 0.393 e. The second kappa shape index (κ2) is 2.98. The summed E-state index contributed by atoms with van der Waals surface area (Å²) in [5, 5.41) is 17.8. The predicted octanol–water partition coefficient (Wildman–Crippen LogP) is -1.15. The summed E-state index contributed by atoms with van der Waals surface area (Å²) in [5.41, 5.74) is 3.49. The Bertz CT molecular complexity index is 133. The molecular formula is C6H13NO3. The van der Waals surface area contributed by atoms with Crippen LogP contribution in [0.5, 0.6) is 0 Å². The van der Waals surface area contributed by atoms with Crippen LogP contribution in [0.15, 0.2) is 0 Å². The van der Waals surface area contributed by atoms with Gasteiger partial charge in [-0.05, 0) is 6.92 Å². The first kappa shape index (κ1) is 9.39. The summed E-state index contributed by atoms with van der Waals surface area (Å²) in [5.74, 6) is -1.34. The first-order valence-corrected chi connectivity index (χ1v) is 3.04. The van der Waals surface area contributed by atoms with Gasteiger partial charge in [0.25, 0.3) is 0 Å². The summed E-state index contributed by atoms with van der Waals surface area (Å²) in [6.07, 6.45) is 0. The molecule has 4 heteroatoms. The van der Waals surface area contributed by atoms with Crippen LogP contribution in [0.3, 0.4) is 0 Å². The van der Waals surface area contributed by atoms with Gasteiger partial charge >= 0.3 is 0 Å². The first-order valence-electron chi connectivity index (χ1n) is 3.04. The number of rotatable bonds is 3. The van der Waals surface area contributed by atoms with Crippen LogP contribution in [-0.4, -0.2) is 28.3 Å². The van der Waals surface area contributed by atoms with Gasteiger partial charge in [0.15, 0.2) is 0 Å². The molecule has 10 heavy (non-hydrogen) atoms. The summed E-state index contributed by atoms with van der Waals surface area (Å²) in [6, 6.07) is 0. The fourth-order valence-electron chi connectivity index (χ4n) is 0.443. The molecule has 0 bridgehead atoms. The molecule has 2 atom stereocenters. The fourth-order valence-corrected chi connectivity index (χ4v) is 0.443. The van der Waals surface area contributed by atoms with E-state index in [1.165, 1.54) is 13.8 Å². The smallest absolute Gasteiger partial charge is 0.223 e. The predicted molar refractivity (Wildman–Crippen MR) is 36.1 cm³/mol. The van der Waals surface area contributed by atoms with Crippen molar-refractivity contribution in [1.29, 1.82) is 0 Å². The number of aliphatic hydroxyl groups is 2. The molecule has 0 aromatic rings. The van der Waals surface area contributed by atoms with Gasteiger partial charge in [0.2, 0.25) is 5.91 Å². The van der Waals surface area contributed by atoms with E-state index in [9.17, 15) is 9.90 Å². The normalized spacial score (nSPS) is 19.6. The van der Waals surface area contributed by atoms with Gasteiger partial charge in [0.1, 0.15) is 0 Å². The van der Waals surface area contributed by atoms with Gasteiger partial charge in [0.05, 0.1) is 18.1 Å². The van der Waals surface area contributed by atoms with Crippen LogP contribution in [0.25, 0.3) is 0 Å². The van der Waals surface area contributed by atoms with E-state index in [1.807, 2.05) is 0 Å². The third-order valence-electron chi connectivity index (χ3n) is 1.68. The van der Waals surface area contributed by atoms with E-state index >= 15 is 0 Å². The van der Waals surface area contributed by atoms with Gasteiger partial charge < -0.3 is 15.9 Å². The van der Waals surface area contributed by atoms with Crippen molar-refractivity contribution in [3.05, 3.63) is 0 Å². The average molecular weight is 147 g/mol. The van der Waals surface area contributed by atoms with Crippen LogP contribution in [0.2, 0.25) is 0 Å². The summed E-state index contributed by atoms with van der Waals surface area (Å²) in [7, 11) is 0. The van der Waals surface area contributed by atoms with Gasteiger partial charge in [-0.1, -0.05) is 6.92 Å². The van der Waals surface area contributed by atoms with E-state index < -0.39 is 24.0 Å². The van der Waals surface area contributed by atoms with Crippen molar-refractivity contribution in [2.24, 2.45) is 11.7 Å². The van der Waals surface area contributed by atoms with Crippen LogP contribution >= 0.6 is 0 Å². The molecule has 0 spiro atoms. The molecule has 4 N–H and O–H groups in total. The second-order valence-corrected chi connectivity index (χ2v) is 2.64. The van der Waals surface area contributed by atoms with Crippen molar-refractivity contribution in [1.82, 2.24) is 0 Å². The van der Waals surface area contributed by atoms with Crippen LogP contribution in [0.1, 0.15) is 13.8 Å². The van der Waals surface area contributed by atoms with Gasteiger partial charge in [-0.3, -0.25) is 4.79 Å². The van der Waals surface area contributed by atoms with Crippen molar-refractivity contribution in [3.8, 4) is 0 Å². The van der Waals surface area contributed by atoms with Crippen molar-refractivity contribution >= 4 is 5.91 Å². The van der Waals surface area contributed by atoms with Gasteiger partial charge in [-0.15, -0.1) is 0 Å². The van der Waals surface area contributed by atoms with Gasteiger partial charge in [-0.25, -0.2) is 0 Å². The van der Waals surface area contributed by atoms with Crippen LogP contribution in [0, 0.1) is 5.92 Å². The van der Waals surface area contributed by atoms with Crippen LogP contribution < -0.4 is 5.73 Å². The summed E-state index contributed by atoms with van der Waals surface area (Å²) in [6.45, 7) is 2.37. The molecule has 0 aromatic carbocycles. The number of carbonyl (C=O) groups is 1. The maximum Gasteiger partial charge on any atom is 0.223 e. The molecule has 0 saturated heterocycles. The lowest BCUT2D eigenvalue weighted by Crippen LogP contribution is -2.43. The van der Waals surface area contributed by atoms with Gasteiger partial charge in [-0.2, -0.15) is 0 Å². The number of hydrogen-bond acceptors (Lipinski definition) is 3. The zero-order valence-electron chi connectivity index (χ0n) is 6.16. The molecule has 4 nitrogen and oxygen atoms in total. The minimum absolute atomic E-state index is 0.461. The maximum atomic E-state index is 10.5. The summed E-state index contributed by atoms with van der Waals surface area (Å²) >= 11 is 0. The Morgan fingerprint density at radius 3 is 2.30 bits per heavy atom. The number of carbonyl (C=O) groups excluding carboxylic acids is 1. The number of hydrogen-bond donors (Lipinski definition) is 3. The van der Waals surface area contributed by atoms with Crippen molar-refractivity contribution < 1.29 is 15.0 Å². The molecule has 0 rings (SSSR count). The Morgan fingerprint density at radius 2 is 2.20 bits per heavy atom. The van der Waals surface area contributed by atoms with Crippen LogP contribution in [0.4, 0.5) is 0 Å². The van der Waals surface area contributed by atoms with E-state index in [4.69, 9.17) is 10.8 Å². The van der Waals surface area contributed by atoms with E-state index in [0.29, 0.717) is 0 Å². The lowest BCUT2D eigenvalue weighted by molar-refractivity contribution is -0.132. The number of aliphatic hydroxyl groups excluding tert-OH is 1. The average Bonchev–Trinajstić information content (AvgIpc) is 1.86. The highest BCUT2D eigenvalue weighted by atomic mass is 16.3. The molecule has 0 radical (unpaired) electrons. The molecule has 1 amide bonds. The molecule has 0 heterocycles. The number of amides is 1. The van der Waals surface area contributed by atoms with E-state index in [2.05, 4.69) is 0 Å². The zero-order valence-corrected chi connectivity index (χ0v) is 6.16. The molecule has 60 valence electrons.